The summed E-state index contributed by atoms with van der Waals surface area (Å²) in [7, 11) is 3.65. The minimum atomic E-state index is -1.07. The Morgan fingerprint density at radius 2 is 1.67 bits per heavy atom. The van der Waals surface area contributed by atoms with Crippen molar-refractivity contribution in [1.29, 1.82) is 0 Å². The lowest BCUT2D eigenvalue weighted by Gasteiger charge is -2.34. The van der Waals surface area contributed by atoms with Crippen molar-refractivity contribution < 1.29 is 24.2 Å². The number of aliphatic hydroxyl groups is 1. The molecule has 0 saturated heterocycles. The Hall–Kier alpha value is -3.43. The summed E-state index contributed by atoms with van der Waals surface area (Å²) in [6, 6.07) is 13.8. The summed E-state index contributed by atoms with van der Waals surface area (Å²) >= 11 is 0. The first-order valence-corrected chi connectivity index (χ1v) is 13.5. The van der Waals surface area contributed by atoms with Crippen LogP contribution in [0.15, 0.2) is 54.6 Å². The van der Waals surface area contributed by atoms with Crippen LogP contribution in [-0.4, -0.2) is 72.6 Å². The van der Waals surface area contributed by atoms with Crippen molar-refractivity contribution in [2.24, 2.45) is 11.8 Å². The Morgan fingerprint density at radius 1 is 1.03 bits per heavy atom. The van der Waals surface area contributed by atoms with E-state index in [0.29, 0.717) is 11.3 Å². The van der Waals surface area contributed by atoms with Gasteiger partial charge in [0.05, 0.1) is 12.1 Å². The van der Waals surface area contributed by atoms with Gasteiger partial charge in [-0.2, -0.15) is 0 Å². The Bertz CT molecular complexity index is 1100. The van der Waals surface area contributed by atoms with Crippen LogP contribution >= 0.6 is 0 Å². The summed E-state index contributed by atoms with van der Waals surface area (Å²) in [5, 5.41) is 19.2. The van der Waals surface area contributed by atoms with Crippen LogP contribution < -0.4 is 20.7 Å². The van der Waals surface area contributed by atoms with E-state index in [1.54, 1.807) is 24.3 Å². The molecule has 2 aliphatic heterocycles. The second-order valence-electron chi connectivity index (χ2n) is 11.0. The first kappa shape index (κ1) is 30.1. The number of likely N-dealkylation sites (N-methyl/N-ethyl adjacent to an activating group) is 1. The molecule has 0 radical (unpaired) electrons. The maximum atomic E-state index is 13.9. The molecule has 5 unspecified atom stereocenters. The second-order valence-corrected chi connectivity index (χ2v) is 11.0. The zero-order chi connectivity index (χ0) is 28.7. The number of hydrogen-bond donors (Lipinski definition) is 4. The quantitative estimate of drug-likeness (QED) is 0.428. The second kappa shape index (κ2) is 13.6. The third-order valence-electron chi connectivity index (χ3n) is 6.94. The molecule has 3 amide bonds. The van der Waals surface area contributed by atoms with Crippen LogP contribution in [0, 0.1) is 11.8 Å². The molecule has 2 heterocycles. The fourth-order valence-electron chi connectivity index (χ4n) is 4.94. The predicted molar refractivity (Wildman–Crippen MR) is 150 cm³/mol. The van der Waals surface area contributed by atoms with Crippen LogP contribution in [0.2, 0.25) is 0 Å². The summed E-state index contributed by atoms with van der Waals surface area (Å²) in [6.45, 7) is 7.71. The number of hydrogen-bond acceptors (Lipinski definition) is 6. The monoisotopic (exact) mass is 538 g/mol. The number of fused-ring (bicyclic) bond motifs is 11. The van der Waals surface area contributed by atoms with Gasteiger partial charge in [-0.25, -0.2) is 0 Å². The average Bonchev–Trinajstić information content (AvgIpc) is 2.88. The van der Waals surface area contributed by atoms with Gasteiger partial charge < -0.3 is 25.8 Å². The molecule has 2 aliphatic rings. The fraction of sp³-hybridized carbons (Fsp3) is 0.500. The zero-order valence-corrected chi connectivity index (χ0v) is 23.7. The molecule has 39 heavy (non-hydrogen) atoms. The van der Waals surface area contributed by atoms with Gasteiger partial charge in [-0.05, 0) is 49.2 Å². The van der Waals surface area contributed by atoms with Gasteiger partial charge >= 0.3 is 0 Å². The molecule has 2 aromatic carbocycles. The lowest BCUT2D eigenvalue weighted by molar-refractivity contribution is -0.136. The van der Waals surface area contributed by atoms with Crippen molar-refractivity contribution in [1.82, 2.24) is 20.9 Å². The molecule has 2 aromatic rings. The number of ether oxygens (including phenoxy) is 1. The molecule has 212 valence electrons. The number of carbonyl (C=O) groups is 3. The van der Waals surface area contributed by atoms with Gasteiger partial charge in [0.25, 0.3) is 0 Å². The van der Waals surface area contributed by atoms with Crippen LogP contribution in [0.1, 0.15) is 44.9 Å². The summed E-state index contributed by atoms with van der Waals surface area (Å²) in [4.78, 5) is 42.5. The standard InChI is InChI=1S/C30H42N4O5/c1-18(2)26(34(5)6)30(38)33-25-27(19(3)4)39-22-14-12-21(13-15-22)24(35)17-31-28(36)23(32-29(25)37)16-20-10-8-7-9-11-20/h7-15,18-19,23-27,35H,16-17H2,1-6H3,(H,31,36)(H,32,37)(H,33,38). The molecule has 5 atom stereocenters. The van der Waals surface area contributed by atoms with Crippen molar-refractivity contribution >= 4 is 17.7 Å². The van der Waals surface area contributed by atoms with E-state index < -0.39 is 42.1 Å². The highest BCUT2D eigenvalue weighted by Crippen LogP contribution is 2.23. The minimum Gasteiger partial charge on any atom is -0.487 e. The maximum Gasteiger partial charge on any atom is 0.247 e. The van der Waals surface area contributed by atoms with Gasteiger partial charge in [0.15, 0.2) is 0 Å². The normalized spacial score (nSPS) is 23.1. The Labute approximate surface area is 231 Å². The van der Waals surface area contributed by atoms with Crippen LogP contribution in [0.25, 0.3) is 0 Å². The molecule has 9 nitrogen and oxygen atoms in total. The highest BCUT2D eigenvalue weighted by molar-refractivity contribution is 5.93. The molecule has 9 heteroatoms. The van der Waals surface area contributed by atoms with Crippen LogP contribution in [0.3, 0.4) is 0 Å². The summed E-state index contributed by atoms with van der Waals surface area (Å²) in [6.07, 6.45) is -1.42. The number of carbonyl (C=O) groups excluding carboxylic acids is 3. The molecule has 0 aliphatic carbocycles. The van der Waals surface area contributed by atoms with Gasteiger partial charge in [0, 0.05) is 13.0 Å². The van der Waals surface area contributed by atoms with E-state index >= 15 is 0 Å². The number of amides is 3. The van der Waals surface area contributed by atoms with Crippen molar-refractivity contribution in [3.63, 3.8) is 0 Å². The van der Waals surface area contributed by atoms with E-state index in [4.69, 9.17) is 4.74 Å². The zero-order valence-electron chi connectivity index (χ0n) is 23.7. The maximum absolute atomic E-state index is 13.9. The Kier molecular flexibility index (Phi) is 10.5. The predicted octanol–water partition coefficient (Wildman–Crippen LogP) is 2.05. The van der Waals surface area contributed by atoms with Crippen molar-refractivity contribution in [2.45, 2.75) is 64.4 Å². The molecule has 4 N–H and O–H groups in total. The van der Waals surface area contributed by atoms with E-state index in [9.17, 15) is 19.5 Å². The van der Waals surface area contributed by atoms with Gasteiger partial charge in [0.2, 0.25) is 17.7 Å². The molecule has 0 saturated carbocycles. The van der Waals surface area contributed by atoms with Crippen molar-refractivity contribution in [2.75, 3.05) is 20.6 Å². The first-order valence-electron chi connectivity index (χ1n) is 13.5. The largest absolute Gasteiger partial charge is 0.487 e. The van der Waals surface area contributed by atoms with Crippen LogP contribution in [-0.2, 0) is 20.8 Å². The smallest absolute Gasteiger partial charge is 0.247 e. The molecule has 0 aromatic heterocycles. The summed E-state index contributed by atoms with van der Waals surface area (Å²) < 4.78 is 6.30. The van der Waals surface area contributed by atoms with E-state index in [-0.39, 0.29) is 30.7 Å². The Morgan fingerprint density at radius 3 is 2.23 bits per heavy atom. The lowest BCUT2D eigenvalue weighted by Crippen LogP contribution is -2.62. The summed E-state index contributed by atoms with van der Waals surface area (Å²) in [5.74, 6) is -0.915. The van der Waals surface area contributed by atoms with Crippen LogP contribution in [0.4, 0.5) is 0 Å². The minimum absolute atomic E-state index is 0.00410. The van der Waals surface area contributed by atoms with E-state index in [1.807, 2.05) is 77.0 Å². The fourth-order valence-corrected chi connectivity index (χ4v) is 4.94. The number of rotatable bonds is 7. The van der Waals surface area contributed by atoms with E-state index in [2.05, 4.69) is 16.0 Å². The highest BCUT2D eigenvalue weighted by atomic mass is 16.5. The number of nitrogens with zero attached hydrogens (tertiary/aromatic N) is 1. The topological polar surface area (TPSA) is 120 Å². The first-order chi connectivity index (χ1) is 18.5. The van der Waals surface area contributed by atoms with E-state index in [1.165, 1.54) is 0 Å². The number of benzene rings is 2. The van der Waals surface area contributed by atoms with Crippen molar-refractivity contribution in [3.8, 4) is 5.75 Å². The number of nitrogens with one attached hydrogen (secondary N) is 3. The van der Waals surface area contributed by atoms with E-state index in [0.717, 1.165) is 5.56 Å². The van der Waals surface area contributed by atoms with Gasteiger partial charge in [0.1, 0.15) is 23.9 Å². The van der Waals surface area contributed by atoms with Crippen LogP contribution in [0.5, 0.6) is 5.75 Å². The molecular formula is C30H42N4O5. The highest BCUT2D eigenvalue weighted by Gasteiger charge is 2.38. The summed E-state index contributed by atoms with van der Waals surface area (Å²) in [5.41, 5.74) is 1.49. The molecule has 0 spiro atoms. The molecular weight excluding hydrogens is 496 g/mol. The molecule has 0 fully saturated rings. The van der Waals surface area contributed by atoms with Gasteiger partial charge in [-0.15, -0.1) is 0 Å². The number of aliphatic hydroxyl groups excluding tert-OH is 1. The third-order valence-corrected chi connectivity index (χ3v) is 6.94. The SMILES string of the molecule is CC(C)C1Oc2ccc(cc2)C(O)CNC(=O)C(Cc2ccccc2)NC(=O)C1NC(=O)C(C(C)C)N(C)C. The Balaban J connectivity index is 2.03. The third kappa shape index (κ3) is 8.03. The average molecular weight is 539 g/mol. The van der Waals surface area contributed by atoms with Gasteiger partial charge in [-0.1, -0.05) is 70.2 Å². The van der Waals surface area contributed by atoms with Gasteiger partial charge in [-0.3, -0.25) is 19.3 Å². The molecule has 4 rings (SSSR count). The molecule has 2 bridgehead atoms. The van der Waals surface area contributed by atoms with Crippen molar-refractivity contribution in [3.05, 3.63) is 65.7 Å². The lowest BCUT2D eigenvalue weighted by atomic mass is 9.95.